The van der Waals surface area contributed by atoms with Gasteiger partial charge in [0.15, 0.2) is 0 Å². The minimum absolute atomic E-state index is 0.548. The van der Waals surface area contributed by atoms with Crippen molar-refractivity contribution in [2.24, 2.45) is 5.92 Å². The van der Waals surface area contributed by atoms with Crippen LogP contribution in [0.3, 0.4) is 0 Å². The quantitative estimate of drug-likeness (QED) is 0.641. The Balaban J connectivity index is 2.24. The molecule has 0 unspecified atom stereocenters. The van der Waals surface area contributed by atoms with Gasteiger partial charge in [0.2, 0.25) is 0 Å². The molecule has 0 radical (unpaired) electrons. The van der Waals surface area contributed by atoms with E-state index >= 15 is 0 Å². The standard InChI is InChI=1S/C8H16N2O2/c1-10(8(11)12)6-7-2-4-9-5-3-7/h7,9H,2-6H2,1H3,(H,11,12). The molecule has 0 saturated carbocycles. The smallest absolute Gasteiger partial charge is 0.407 e. The summed E-state index contributed by atoms with van der Waals surface area (Å²) in [5.41, 5.74) is 0. The first-order valence-corrected chi connectivity index (χ1v) is 4.35. The number of nitrogens with one attached hydrogen (secondary N) is 1. The van der Waals surface area contributed by atoms with E-state index in [1.165, 1.54) is 4.90 Å². The lowest BCUT2D eigenvalue weighted by atomic mass is 9.98. The van der Waals surface area contributed by atoms with Crippen LogP contribution in [0.25, 0.3) is 0 Å². The lowest BCUT2D eigenvalue weighted by molar-refractivity contribution is 0.144. The van der Waals surface area contributed by atoms with Gasteiger partial charge < -0.3 is 15.3 Å². The van der Waals surface area contributed by atoms with Crippen LogP contribution in [0.2, 0.25) is 0 Å². The maximum Gasteiger partial charge on any atom is 0.407 e. The summed E-state index contributed by atoms with van der Waals surface area (Å²) in [6.45, 7) is 2.73. The van der Waals surface area contributed by atoms with Crippen LogP contribution in [0.4, 0.5) is 4.79 Å². The number of carboxylic acid groups (broad SMARTS) is 1. The first kappa shape index (κ1) is 9.32. The second-order valence-corrected chi connectivity index (χ2v) is 3.36. The van der Waals surface area contributed by atoms with Crippen LogP contribution in [-0.4, -0.2) is 42.8 Å². The van der Waals surface area contributed by atoms with Crippen molar-refractivity contribution in [3.63, 3.8) is 0 Å². The highest BCUT2D eigenvalue weighted by Crippen LogP contribution is 2.12. The Hall–Kier alpha value is -0.770. The second-order valence-electron chi connectivity index (χ2n) is 3.36. The fourth-order valence-electron chi connectivity index (χ4n) is 1.53. The molecule has 1 saturated heterocycles. The summed E-state index contributed by atoms with van der Waals surface area (Å²) in [6, 6.07) is 0. The van der Waals surface area contributed by atoms with Gasteiger partial charge >= 0.3 is 6.09 Å². The van der Waals surface area contributed by atoms with Gasteiger partial charge in [-0.05, 0) is 31.8 Å². The first-order chi connectivity index (χ1) is 5.70. The van der Waals surface area contributed by atoms with Gasteiger partial charge in [0.25, 0.3) is 0 Å². The van der Waals surface area contributed by atoms with Gasteiger partial charge in [-0.25, -0.2) is 4.79 Å². The third-order valence-electron chi connectivity index (χ3n) is 2.32. The fraction of sp³-hybridized carbons (Fsp3) is 0.875. The summed E-state index contributed by atoms with van der Waals surface area (Å²) in [5.74, 6) is 0.548. The predicted octanol–water partition coefficient (Wildman–Crippen LogP) is 0.596. The Labute approximate surface area is 72.6 Å². The number of piperidine rings is 1. The molecule has 0 spiro atoms. The molecule has 0 atom stereocenters. The molecule has 1 amide bonds. The third kappa shape index (κ3) is 2.70. The Kier molecular flexibility index (Phi) is 3.34. The van der Waals surface area contributed by atoms with E-state index in [1.807, 2.05) is 0 Å². The second kappa shape index (κ2) is 4.30. The molecule has 1 aliphatic rings. The average molecular weight is 172 g/mol. The van der Waals surface area contributed by atoms with E-state index < -0.39 is 6.09 Å². The van der Waals surface area contributed by atoms with Crippen LogP contribution in [-0.2, 0) is 0 Å². The van der Waals surface area contributed by atoms with Crippen molar-refractivity contribution < 1.29 is 9.90 Å². The van der Waals surface area contributed by atoms with Crippen molar-refractivity contribution in [2.45, 2.75) is 12.8 Å². The monoisotopic (exact) mass is 172 g/mol. The molecule has 4 heteroatoms. The van der Waals surface area contributed by atoms with Gasteiger partial charge in [0.05, 0.1) is 0 Å². The summed E-state index contributed by atoms with van der Waals surface area (Å²) in [5, 5.41) is 11.9. The zero-order chi connectivity index (χ0) is 8.97. The number of rotatable bonds is 2. The minimum atomic E-state index is -0.825. The predicted molar refractivity (Wildman–Crippen MR) is 46.2 cm³/mol. The van der Waals surface area contributed by atoms with E-state index in [9.17, 15) is 4.79 Å². The molecule has 0 aromatic rings. The maximum atomic E-state index is 10.5. The average Bonchev–Trinajstić information content (AvgIpc) is 2.06. The van der Waals surface area contributed by atoms with E-state index in [4.69, 9.17) is 5.11 Å². The van der Waals surface area contributed by atoms with E-state index in [0.717, 1.165) is 25.9 Å². The van der Waals surface area contributed by atoms with Crippen LogP contribution in [0.5, 0.6) is 0 Å². The van der Waals surface area contributed by atoms with Gasteiger partial charge in [-0.2, -0.15) is 0 Å². The lowest BCUT2D eigenvalue weighted by Gasteiger charge is -2.25. The van der Waals surface area contributed by atoms with Crippen molar-refractivity contribution in [3.8, 4) is 0 Å². The molecule has 12 heavy (non-hydrogen) atoms. The van der Waals surface area contributed by atoms with Gasteiger partial charge in [-0.3, -0.25) is 0 Å². The van der Waals surface area contributed by atoms with E-state index in [-0.39, 0.29) is 0 Å². The summed E-state index contributed by atoms with van der Waals surface area (Å²) in [6.07, 6.45) is 1.36. The number of hydrogen-bond donors (Lipinski definition) is 2. The Morgan fingerprint density at radius 2 is 2.17 bits per heavy atom. The van der Waals surface area contributed by atoms with Crippen LogP contribution in [0.1, 0.15) is 12.8 Å². The molecule has 1 heterocycles. The van der Waals surface area contributed by atoms with Crippen LogP contribution >= 0.6 is 0 Å². The summed E-state index contributed by atoms with van der Waals surface area (Å²) in [7, 11) is 1.63. The highest BCUT2D eigenvalue weighted by Gasteiger charge is 2.16. The topological polar surface area (TPSA) is 52.6 Å². The van der Waals surface area contributed by atoms with Crippen molar-refractivity contribution >= 4 is 6.09 Å². The molecular formula is C8H16N2O2. The zero-order valence-corrected chi connectivity index (χ0v) is 7.42. The summed E-state index contributed by atoms with van der Waals surface area (Å²) >= 11 is 0. The van der Waals surface area contributed by atoms with E-state index in [1.54, 1.807) is 7.05 Å². The van der Waals surface area contributed by atoms with Crippen molar-refractivity contribution in [2.75, 3.05) is 26.7 Å². The summed E-state index contributed by atoms with van der Waals surface area (Å²) in [4.78, 5) is 11.9. The molecule has 0 aliphatic carbocycles. The van der Waals surface area contributed by atoms with Crippen LogP contribution in [0.15, 0.2) is 0 Å². The highest BCUT2D eigenvalue weighted by molar-refractivity contribution is 5.64. The Morgan fingerprint density at radius 1 is 1.58 bits per heavy atom. The summed E-state index contributed by atoms with van der Waals surface area (Å²) < 4.78 is 0. The van der Waals surface area contributed by atoms with E-state index in [2.05, 4.69) is 5.32 Å². The minimum Gasteiger partial charge on any atom is -0.465 e. The Morgan fingerprint density at radius 3 is 2.67 bits per heavy atom. The lowest BCUT2D eigenvalue weighted by Crippen LogP contribution is -2.36. The number of amides is 1. The zero-order valence-electron chi connectivity index (χ0n) is 7.42. The fourth-order valence-corrected chi connectivity index (χ4v) is 1.53. The largest absolute Gasteiger partial charge is 0.465 e. The number of nitrogens with zero attached hydrogens (tertiary/aromatic N) is 1. The van der Waals surface area contributed by atoms with Crippen LogP contribution in [0, 0.1) is 5.92 Å². The molecule has 0 aromatic carbocycles. The Bertz CT molecular complexity index is 155. The first-order valence-electron chi connectivity index (χ1n) is 4.35. The normalized spacial score (nSPS) is 19.1. The molecule has 1 fully saturated rings. The number of hydrogen-bond acceptors (Lipinski definition) is 2. The number of carbonyl (C=O) groups is 1. The van der Waals surface area contributed by atoms with Crippen molar-refractivity contribution in [1.82, 2.24) is 10.2 Å². The third-order valence-corrected chi connectivity index (χ3v) is 2.32. The highest BCUT2D eigenvalue weighted by atomic mass is 16.4. The van der Waals surface area contributed by atoms with Gasteiger partial charge in [0.1, 0.15) is 0 Å². The molecule has 0 bridgehead atoms. The van der Waals surface area contributed by atoms with Gasteiger partial charge in [-0.15, -0.1) is 0 Å². The van der Waals surface area contributed by atoms with Crippen molar-refractivity contribution in [1.29, 1.82) is 0 Å². The van der Waals surface area contributed by atoms with Gasteiger partial charge in [-0.1, -0.05) is 0 Å². The molecule has 1 aliphatic heterocycles. The molecular weight excluding hydrogens is 156 g/mol. The molecule has 70 valence electrons. The molecule has 0 aromatic heterocycles. The SMILES string of the molecule is CN(CC1CCNCC1)C(=O)O. The maximum absolute atomic E-state index is 10.5. The van der Waals surface area contributed by atoms with Crippen LogP contribution < -0.4 is 5.32 Å². The molecule has 2 N–H and O–H groups in total. The van der Waals surface area contributed by atoms with Crippen molar-refractivity contribution in [3.05, 3.63) is 0 Å². The molecule has 4 nitrogen and oxygen atoms in total. The van der Waals surface area contributed by atoms with E-state index in [0.29, 0.717) is 12.5 Å². The molecule has 1 rings (SSSR count). The van der Waals surface area contributed by atoms with Gasteiger partial charge in [0, 0.05) is 13.6 Å².